The van der Waals surface area contributed by atoms with Gasteiger partial charge in [-0.1, -0.05) is 42.5 Å². The van der Waals surface area contributed by atoms with Crippen molar-refractivity contribution in [1.29, 1.82) is 0 Å². The van der Waals surface area contributed by atoms with E-state index in [0.29, 0.717) is 18.7 Å². The molecule has 4 amide bonds. The Kier molecular flexibility index (Phi) is 3.59. The zero-order valence-corrected chi connectivity index (χ0v) is 15.6. The molecule has 0 bridgehead atoms. The highest BCUT2D eigenvalue weighted by atomic mass is 16.2. The molecule has 1 saturated carbocycles. The van der Waals surface area contributed by atoms with E-state index in [0.717, 1.165) is 29.5 Å². The van der Waals surface area contributed by atoms with E-state index in [2.05, 4.69) is 5.32 Å². The van der Waals surface area contributed by atoms with E-state index >= 15 is 0 Å². The lowest BCUT2D eigenvalue weighted by Gasteiger charge is -2.36. The summed E-state index contributed by atoms with van der Waals surface area (Å²) in [7, 11) is 1.56. The quantitative estimate of drug-likeness (QED) is 0.836. The van der Waals surface area contributed by atoms with Gasteiger partial charge < -0.3 is 10.2 Å². The van der Waals surface area contributed by atoms with Crippen LogP contribution in [0.3, 0.4) is 0 Å². The summed E-state index contributed by atoms with van der Waals surface area (Å²) in [6.07, 6.45) is 1.82. The summed E-state index contributed by atoms with van der Waals surface area (Å²) < 4.78 is 0. The molecular formula is C22H21N3O3. The molecule has 142 valence electrons. The van der Waals surface area contributed by atoms with Crippen molar-refractivity contribution in [3.05, 3.63) is 70.8 Å². The molecule has 2 aromatic rings. The fourth-order valence-electron chi connectivity index (χ4n) is 4.63. The predicted octanol–water partition coefficient (Wildman–Crippen LogP) is 2.63. The number of urea groups is 1. The number of fused-ring (bicyclic) bond motifs is 1. The normalized spacial score (nSPS) is 24.0. The summed E-state index contributed by atoms with van der Waals surface area (Å²) in [5.41, 5.74) is 2.33. The molecule has 5 rings (SSSR count). The number of amides is 4. The third kappa shape index (κ3) is 2.24. The largest absolute Gasteiger partial charge is 0.348 e. The van der Waals surface area contributed by atoms with Crippen molar-refractivity contribution in [3.8, 4) is 0 Å². The molecule has 1 aliphatic carbocycles. The zero-order valence-electron chi connectivity index (χ0n) is 15.6. The maximum Gasteiger partial charge on any atom is 0.327 e. The van der Waals surface area contributed by atoms with E-state index in [-0.39, 0.29) is 23.8 Å². The number of hydrogen-bond donors (Lipinski definition) is 1. The third-order valence-corrected chi connectivity index (χ3v) is 6.16. The second-order valence-corrected chi connectivity index (χ2v) is 7.81. The van der Waals surface area contributed by atoms with Gasteiger partial charge in [-0.3, -0.25) is 14.5 Å². The summed E-state index contributed by atoms with van der Waals surface area (Å²) in [6, 6.07) is 15.1. The van der Waals surface area contributed by atoms with Crippen LogP contribution in [-0.4, -0.2) is 34.7 Å². The minimum absolute atomic E-state index is 0.0888. The van der Waals surface area contributed by atoms with Crippen LogP contribution in [0.2, 0.25) is 0 Å². The standard InChI is InChI=1S/C22H21N3O3/c1-24-20(27)22(16-7-8-16,17-9-10-18-15(11-17)12-23-19(18)26)25(21(24)28)13-14-5-3-2-4-6-14/h2-6,9-11,16H,7-8,12-13H2,1H3,(H,23,26). The van der Waals surface area contributed by atoms with Gasteiger partial charge in [-0.15, -0.1) is 0 Å². The van der Waals surface area contributed by atoms with Gasteiger partial charge >= 0.3 is 6.03 Å². The van der Waals surface area contributed by atoms with Crippen LogP contribution in [0.5, 0.6) is 0 Å². The van der Waals surface area contributed by atoms with E-state index < -0.39 is 5.54 Å². The van der Waals surface area contributed by atoms with Gasteiger partial charge in [0.15, 0.2) is 5.54 Å². The number of nitrogens with one attached hydrogen (secondary N) is 1. The maximum absolute atomic E-state index is 13.5. The van der Waals surface area contributed by atoms with Crippen LogP contribution < -0.4 is 5.32 Å². The van der Waals surface area contributed by atoms with Crippen molar-refractivity contribution in [2.45, 2.75) is 31.5 Å². The third-order valence-electron chi connectivity index (χ3n) is 6.16. The van der Waals surface area contributed by atoms with Crippen molar-refractivity contribution in [2.24, 2.45) is 5.92 Å². The lowest BCUT2D eigenvalue weighted by molar-refractivity contribution is -0.134. The average molecular weight is 375 g/mol. The first-order valence-corrected chi connectivity index (χ1v) is 9.58. The van der Waals surface area contributed by atoms with Gasteiger partial charge in [0.2, 0.25) is 0 Å². The maximum atomic E-state index is 13.5. The Labute approximate surface area is 163 Å². The highest BCUT2D eigenvalue weighted by Crippen LogP contribution is 2.54. The van der Waals surface area contributed by atoms with Crippen molar-refractivity contribution in [3.63, 3.8) is 0 Å². The highest BCUT2D eigenvalue weighted by molar-refractivity contribution is 6.08. The number of imide groups is 1. The first-order chi connectivity index (χ1) is 13.5. The van der Waals surface area contributed by atoms with Crippen molar-refractivity contribution >= 4 is 17.8 Å². The molecule has 0 spiro atoms. The Morgan fingerprint density at radius 2 is 1.82 bits per heavy atom. The van der Waals surface area contributed by atoms with Crippen molar-refractivity contribution in [2.75, 3.05) is 7.05 Å². The minimum atomic E-state index is -0.998. The van der Waals surface area contributed by atoms with Crippen LogP contribution in [0.25, 0.3) is 0 Å². The molecular weight excluding hydrogens is 354 g/mol. The number of hydrogen-bond acceptors (Lipinski definition) is 3. The molecule has 1 saturated heterocycles. The summed E-state index contributed by atoms with van der Waals surface area (Å²) in [6.45, 7) is 0.833. The number of carbonyl (C=O) groups is 3. The van der Waals surface area contributed by atoms with Gasteiger partial charge in [0.05, 0.1) is 0 Å². The second-order valence-electron chi connectivity index (χ2n) is 7.81. The summed E-state index contributed by atoms with van der Waals surface area (Å²) >= 11 is 0. The minimum Gasteiger partial charge on any atom is -0.348 e. The number of benzene rings is 2. The lowest BCUT2D eigenvalue weighted by atomic mass is 9.81. The Balaban J connectivity index is 1.66. The van der Waals surface area contributed by atoms with E-state index in [1.165, 1.54) is 4.90 Å². The Hall–Kier alpha value is -3.15. The summed E-state index contributed by atoms with van der Waals surface area (Å²) in [5, 5.41) is 2.83. The van der Waals surface area contributed by atoms with Crippen LogP contribution in [-0.2, 0) is 23.4 Å². The molecule has 0 radical (unpaired) electrons. The number of carbonyl (C=O) groups excluding carboxylic acids is 3. The van der Waals surface area contributed by atoms with Crippen LogP contribution in [0, 0.1) is 5.92 Å². The molecule has 2 aliphatic heterocycles. The first-order valence-electron chi connectivity index (χ1n) is 9.58. The molecule has 2 fully saturated rings. The summed E-state index contributed by atoms with van der Waals surface area (Å²) in [4.78, 5) is 41.5. The van der Waals surface area contributed by atoms with Crippen LogP contribution in [0.1, 0.15) is 39.9 Å². The average Bonchev–Trinajstić information content (AvgIpc) is 3.47. The predicted molar refractivity (Wildman–Crippen MR) is 102 cm³/mol. The van der Waals surface area contributed by atoms with Gasteiger partial charge in [0, 0.05) is 25.7 Å². The Morgan fingerprint density at radius 1 is 1.07 bits per heavy atom. The molecule has 1 unspecified atom stereocenters. The van der Waals surface area contributed by atoms with Crippen LogP contribution >= 0.6 is 0 Å². The van der Waals surface area contributed by atoms with E-state index in [1.807, 2.05) is 42.5 Å². The molecule has 1 atom stereocenters. The van der Waals surface area contributed by atoms with E-state index in [4.69, 9.17) is 0 Å². The van der Waals surface area contributed by atoms with Crippen molar-refractivity contribution in [1.82, 2.24) is 15.1 Å². The SMILES string of the molecule is CN1C(=O)N(Cc2ccccc2)C(c2ccc3c(c2)CNC3=O)(C2CC2)C1=O. The Bertz CT molecular complexity index is 999. The van der Waals surface area contributed by atoms with E-state index in [1.54, 1.807) is 18.0 Å². The Morgan fingerprint density at radius 3 is 2.54 bits per heavy atom. The first kappa shape index (κ1) is 17.0. The fourth-order valence-corrected chi connectivity index (χ4v) is 4.63. The van der Waals surface area contributed by atoms with Crippen LogP contribution in [0.15, 0.2) is 48.5 Å². The molecule has 2 aromatic carbocycles. The van der Waals surface area contributed by atoms with Gasteiger partial charge in [0.25, 0.3) is 11.8 Å². The number of rotatable bonds is 4. The smallest absolute Gasteiger partial charge is 0.327 e. The monoisotopic (exact) mass is 375 g/mol. The molecule has 28 heavy (non-hydrogen) atoms. The molecule has 1 N–H and O–H groups in total. The van der Waals surface area contributed by atoms with Gasteiger partial charge in [0.1, 0.15) is 0 Å². The lowest BCUT2D eigenvalue weighted by Crippen LogP contribution is -2.48. The molecule has 3 aliphatic rings. The van der Waals surface area contributed by atoms with E-state index in [9.17, 15) is 14.4 Å². The number of nitrogens with zero attached hydrogens (tertiary/aromatic N) is 2. The van der Waals surface area contributed by atoms with Gasteiger partial charge in [-0.05, 0) is 41.5 Å². The molecule has 0 aromatic heterocycles. The van der Waals surface area contributed by atoms with Crippen LogP contribution in [0.4, 0.5) is 4.79 Å². The topological polar surface area (TPSA) is 69.7 Å². The molecule has 6 nitrogen and oxygen atoms in total. The second kappa shape index (κ2) is 5.92. The molecule has 2 heterocycles. The van der Waals surface area contributed by atoms with Gasteiger partial charge in [-0.2, -0.15) is 0 Å². The molecule has 6 heteroatoms. The fraction of sp³-hybridized carbons (Fsp3) is 0.318. The van der Waals surface area contributed by atoms with Gasteiger partial charge in [-0.25, -0.2) is 4.79 Å². The number of likely N-dealkylation sites (N-methyl/N-ethyl adjacent to an activating group) is 1. The zero-order chi connectivity index (χ0) is 19.5. The van der Waals surface area contributed by atoms with Crippen molar-refractivity contribution < 1.29 is 14.4 Å². The highest BCUT2D eigenvalue weighted by Gasteiger charge is 2.64. The summed E-state index contributed by atoms with van der Waals surface area (Å²) in [5.74, 6) is -0.164.